The maximum atomic E-state index is 12.2. The lowest BCUT2D eigenvalue weighted by Gasteiger charge is -2.13. The van der Waals surface area contributed by atoms with E-state index in [2.05, 4.69) is 20.9 Å². The number of hydrogen-bond donors (Lipinski definition) is 3. The first kappa shape index (κ1) is 15.2. The van der Waals surface area contributed by atoms with Gasteiger partial charge in [-0.3, -0.25) is 14.4 Å². The van der Waals surface area contributed by atoms with Crippen LogP contribution in [0.2, 0.25) is 0 Å². The van der Waals surface area contributed by atoms with E-state index in [4.69, 9.17) is 0 Å². The van der Waals surface area contributed by atoms with Crippen LogP contribution in [0.5, 0.6) is 0 Å². The summed E-state index contributed by atoms with van der Waals surface area (Å²) in [5.74, 6) is -1.19. The molecule has 0 radical (unpaired) electrons. The Morgan fingerprint density at radius 2 is 2.13 bits per heavy atom. The summed E-state index contributed by atoms with van der Waals surface area (Å²) in [6.45, 7) is 1.82. The standard InChI is InChI=1S/C15H14N4O3S/c1-8-7-23-15(16-8)19-12(20)6-11-14(22)17-10-5-3-2-4-9(10)13(21)18-11/h2-5,7,11H,6H2,1H3,(H,17,22)(H,18,21)(H,16,19,20)/t11-/m1/s1. The highest BCUT2D eigenvalue weighted by molar-refractivity contribution is 7.13. The van der Waals surface area contributed by atoms with E-state index >= 15 is 0 Å². The third-order valence-electron chi connectivity index (χ3n) is 3.31. The fourth-order valence-corrected chi connectivity index (χ4v) is 2.93. The Balaban J connectivity index is 1.70. The maximum Gasteiger partial charge on any atom is 0.254 e. The molecule has 3 rings (SSSR count). The number of nitrogens with one attached hydrogen (secondary N) is 3. The number of fused-ring (bicyclic) bond motifs is 1. The van der Waals surface area contributed by atoms with Gasteiger partial charge in [-0.15, -0.1) is 11.3 Å². The number of aryl methyl sites for hydroxylation is 1. The van der Waals surface area contributed by atoms with E-state index in [-0.39, 0.29) is 18.2 Å². The van der Waals surface area contributed by atoms with E-state index in [9.17, 15) is 14.4 Å². The minimum Gasteiger partial charge on any atom is -0.340 e. The Morgan fingerprint density at radius 3 is 2.87 bits per heavy atom. The van der Waals surface area contributed by atoms with Crippen molar-refractivity contribution in [1.29, 1.82) is 0 Å². The number of nitrogens with zero attached hydrogens (tertiary/aromatic N) is 1. The van der Waals surface area contributed by atoms with Crippen LogP contribution in [0.25, 0.3) is 0 Å². The van der Waals surface area contributed by atoms with Crippen molar-refractivity contribution in [3.63, 3.8) is 0 Å². The molecule has 3 N–H and O–H groups in total. The molecule has 0 spiro atoms. The van der Waals surface area contributed by atoms with Gasteiger partial charge < -0.3 is 16.0 Å². The molecule has 0 unspecified atom stereocenters. The molecule has 23 heavy (non-hydrogen) atoms. The zero-order valence-electron chi connectivity index (χ0n) is 12.3. The predicted molar refractivity (Wildman–Crippen MR) is 86.4 cm³/mol. The highest BCUT2D eigenvalue weighted by atomic mass is 32.1. The second-order valence-corrected chi connectivity index (χ2v) is 5.97. The van der Waals surface area contributed by atoms with Gasteiger partial charge in [0.2, 0.25) is 11.8 Å². The summed E-state index contributed by atoms with van der Waals surface area (Å²) >= 11 is 1.30. The van der Waals surface area contributed by atoms with Gasteiger partial charge in [0.05, 0.1) is 23.4 Å². The molecule has 0 aliphatic carbocycles. The van der Waals surface area contributed by atoms with E-state index in [1.165, 1.54) is 11.3 Å². The van der Waals surface area contributed by atoms with Gasteiger partial charge >= 0.3 is 0 Å². The lowest BCUT2D eigenvalue weighted by molar-refractivity contribution is -0.122. The molecule has 2 heterocycles. The first-order valence-electron chi connectivity index (χ1n) is 6.95. The van der Waals surface area contributed by atoms with E-state index in [0.29, 0.717) is 16.4 Å². The summed E-state index contributed by atoms with van der Waals surface area (Å²) in [7, 11) is 0. The quantitative estimate of drug-likeness (QED) is 0.794. The molecule has 8 heteroatoms. The molecule has 1 aliphatic heterocycles. The van der Waals surface area contributed by atoms with Crippen LogP contribution >= 0.6 is 11.3 Å². The molecule has 0 fully saturated rings. The monoisotopic (exact) mass is 330 g/mol. The number of amides is 3. The van der Waals surface area contributed by atoms with E-state index in [0.717, 1.165) is 5.69 Å². The SMILES string of the molecule is Cc1csc(NC(=O)C[C@H]2NC(=O)c3ccccc3NC2=O)n1. The average molecular weight is 330 g/mol. The van der Waals surface area contributed by atoms with Crippen LogP contribution in [0.4, 0.5) is 10.8 Å². The van der Waals surface area contributed by atoms with Crippen molar-refractivity contribution in [3.8, 4) is 0 Å². The molecule has 1 atom stereocenters. The highest BCUT2D eigenvalue weighted by Gasteiger charge is 2.29. The van der Waals surface area contributed by atoms with E-state index in [1.807, 2.05) is 12.3 Å². The molecule has 0 saturated heterocycles. The van der Waals surface area contributed by atoms with Crippen LogP contribution in [0.15, 0.2) is 29.6 Å². The molecule has 3 amide bonds. The fraction of sp³-hybridized carbons (Fsp3) is 0.200. The van der Waals surface area contributed by atoms with Gasteiger partial charge in [-0.1, -0.05) is 12.1 Å². The number of hydrogen-bond acceptors (Lipinski definition) is 5. The Labute approximate surface area is 136 Å². The minimum atomic E-state index is -0.934. The number of anilines is 2. The number of benzene rings is 1. The summed E-state index contributed by atoms with van der Waals surface area (Å²) < 4.78 is 0. The van der Waals surface area contributed by atoms with E-state index in [1.54, 1.807) is 24.3 Å². The zero-order valence-corrected chi connectivity index (χ0v) is 13.1. The lowest BCUT2D eigenvalue weighted by atomic mass is 10.1. The number of rotatable bonds is 3. The third-order valence-corrected chi connectivity index (χ3v) is 4.18. The summed E-state index contributed by atoms with van der Waals surface area (Å²) in [5.41, 5.74) is 1.62. The molecule has 2 aromatic rings. The van der Waals surface area contributed by atoms with Gasteiger partial charge in [0.25, 0.3) is 5.91 Å². The molecule has 1 aromatic carbocycles. The van der Waals surface area contributed by atoms with Crippen LogP contribution < -0.4 is 16.0 Å². The maximum absolute atomic E-state index is 12.2. The first-order chi connectivity index (χ1) is 11.0. The molecule has 118 valence electrons. The lowest BCUT2D eigenvalue weighted by Crippen LogP contribution is -2.43. The Hall–Kier alpha value is -2.74. The van der Waals surface area contributed by atoms with Crippen LogP contribution in [0.3, 0.4) is 0 Å². The van der Waals surface area contributed by atoms with Gasteiger partial charge in [0, 0.05) is 5.38 Å². The first-order valence-corrected chi connectivity index (χ1v) is 7.83. The minimum absolute atomic E-state index is 0.163. The molecule has 1 aromatic heterocycles. The topological polar surface area (TPSA) is 100 Å². The van der Waals surface area contributed by atoms with Crippen LogP contribution in [-0.2, 0) is 9.59 Å². The van der Waals surface area contributed by atoms with Crippen molar-refractivity contribution < 1.29 is 14.4 Å². The van der Waals surface area contributed by atoms with Crippen LogP contribution in [0, 0.1) is 6.92 Å². The fourth-order valence-electron chi connectivity index (χ4n) is 2.22. The van der Waals surface area contributed by atoms with Gasteiger partial charge in [-0.05, 0) is 19.1 Å². The molecule has 7 nitrogen and oxygen atoms in total. The van der Waals surface area contributed by atoms with Crippen molar-refractivity contribution in [2.75, 3.05) is 10.6 Å². The summed E-state index contributed by atoms with van der Waals surface area (Å²) in [6, 6.07) is 5.77. The summed E-state index contributed by atoms with van der Waals surface area (Å²) in [5, 5.41) is 10.1. The van der Waals surface area contributed by atoms with Crippen molar-refractivity contribution in [2.24, 2.45) is 0 Å². The number of aromatic nitrogens is 1. The van der Waals surface area contributed by atoms with Crippen LogP contribution in [0.1, 0.15) is 22.5 Å². The van der Waals surface area contributed by atoms with Crippen molar-refractivity contribution >= 4 is 39.9 Å². The molecule has 1 aliphatic rings. The molecular weight excluding hydrogens is 316 g/mol. The number of carbonyl (C=O) groups excluding carboxylic acids is 3. The summed E-state index contributed by atoms with van der Waals surface area (Å²) in [6.07, 6.45) is -0.163. The largest absolute Gasteiger partial charge is 0.340 e. The average Bonchev–Trinajstić information content (AvgIpc) is 2.86. The molecule has 0 bridgehead atoms. The second kappa shape index (κ2) is 6.17. The van der Waals surface area contributed by atoms with Gasteiger partial charge in [0.1, 0.15) is 6.04 Å². The van der Waals surface area contributed by atoms with Gasteiger partial charge in [-0.25, -0.2) is 4.98 Å². The van der Waals surface area contributed by atoms with Crippen molar-refractivity contribution in [3.05, 3.63) is 40.9 Å². The zero-order chi connectivity index (χ0) is 16.4. The molecular formula is C15H14N4O3S. The third kappa shape index (κ3) is 3.37. The van der Waals surface area contributed by atoms with Crippen LogP contribution in [-0.4, -0.2) is 28.7 Å². The number of para-hydroxylation sites is 1. The normalized spacial score (nSPS) is 16.8. The number of carbonyl (C=O) groups is 3. The Bertz CT molecular complexity index is 787. The van der Waals surface area contributed by atoms with Crippen molar-refractivity contribution in [1.82, 2.24) is 10.3 Å². The van der Waals surface area contributed by atoms with Gasteiger partial charge in [-0.2, -0.15) is 0 Å². The smallest absolute Gasteiger partial charge is 0.254 e. The van der Waals surface area contributed by atoms with Gasteiger partial charge in [0.15, 0.2) is 5.13 Å². The number of thiazole rings is 1. The Kier molecular flexibility index (Phi) is 4.07. The Morgan fingerprint density at radius 1 is 1.35 bits per heavy atom. The predicted octanol–water partition coefficient (Wildman–Crippen LogP) is 1.53. The molecule has 0 saturated carbocycles. The van der Waals surface area contributed by atoms with E-state index < -0.39 is 11.9 Å². The highest BCUT2D eigenvalue weighted by Crippen LogP contribution is 2.19. The second-order valence-electron chi connectivity index (χ2n) is 5.11. The summed E-state index contributed by atoms with van der Waals surface area (Å²) in [4.78, 5) is 40.5. The van der Waals surface area contributed by atoms with Crippen molar-refractivity contribution in [2.45, 2.75) is 19.4 Å².